The van der Waals surface area contributed by atoms with Crippen molar-refractivity contribution in [3.05, 3.63) is 101 Å². The summed E-state index contributed by atoms with van der Waals surface area (Å²) in [6.45, 7) is 8.10. The molecule has 176 valence electrons. The van der Waals surface area contributed by atoms with E-state index in [4.69, 9.17) is 0 Å². The number of fused-ring (bicyclic) bond motifs is 1. The molecule has 1 heterocycles. The summed E-state index contributed by atoms with van der Waals surface area (Å²) in [5, 5.41) is 9.26. The molecule has 0 unspecified atom stereocenters. The molecule has 0 fully saturated rings. The summed E-state index contributed by atoms with van der Waals surface area (Å²) in [6.07, 6.45) is 0.791. The van der Waals surface area contributed by atoms with Gasteiger partial charge in [-0.1, -0.05) is 59.7 Å². The molecular weight excluding hydrogens is 446 g/mol. The van der Waals surface area contributed by atoms with Gasteiger partial charge in [0.25, 0.3) is 11.8 Å². The molecule has 6 heteroatoms. The predicted molar refractivity (Wildman–Crippen MR) is 141 cm³/mol. The fourth-order valence-corrected chi connectivity index (χ4v) is 4.03. The first-order valence-electron chi connectivity index (χ1n) is 11.1. The van der Waals surface area contributed by atoms with Crippen LogP contribution in [0.2, 0.25) is 0 Å². The lowest BCUT2D eigenvalue weighted by Crippen LogP contribution is -2.45. The van der Waals surface area contributed by atoms with Crippen LogP contribution in [0.15, 0.2) is 78.4 Å². The van der Waals surface area contributed by atoms with E-state index < -0.39 is 11.8 Å². The standard InChI is InChI=1S/C28H29N3O2.ClH/c1-18-9-13-21(14-10-18)29-26(32)24(27(33)30-22-15-11-19(2)12-16-22)25-23-8-6-5-7-20(23)17-28(3,4)31-25;/h5-16,31H,17H2,1-4H3,(H,29,32)(H,30,33);1H. The zero-order valence-electron chi connectivity index (χ0n) is 19.9. The van der Waals surface area contributed by atoms with E-state index in [0.717, 1.165) is 28.7 Å². The smallest absolute Gasteiger partial charge is 0.263 e. The van der Waals surface area contributed by atoms with Gasteiger partial charge in [-0.2, -0.15) is 0 Å². The number of hydrogen-bond donors (Lipinski definition) is 3. The van der Waals surface area contributed by atoms with E-state index in [1.165, 1.54) is 0 Å². The van der Waals surface area contributed by atoms with Crippen LogP contribution >= 0.6 is 12.4 Å². The molecule has 4 rings (SSSR count). The molecule has 0 aromatic heterocycles. The number of rotatable bonds is 4. The molecular formula is C28H30ClN3O2. The Balaban J connectivity index is 0.00000324. The zero-order chi connectivity index (χ0) is 23.6. The highest BCUT2D eigenvalue weighted by Crippen LogP contribution is 2.32. The zero-order valence-corrected chi connectivity index (χ0v) is 20.7. The minimum atomic E-state index is -0.460. The van der Waals surface area contributed by atoms with E-state index >= 15 is 0 Å². The second kappa shape index (κ2) is 10.1. The molecule has 0 spiro atoms. The number of benzene rings is 3. The van der Waals surface area contributed by atoms with Crippen LogP contribution in [-0.2, 0) is 16.0 Å². The number of carbonyl (C=O) groups excluding carboxylic acids is 2. The lowest BCUT2D eigenvalue weighted by atomic mass is 9.84. The van der Waals surface area contributed by atoms with Crippen molar-refractivity contribution in [2.45, 2.75) is 39.7 Å². The number of aryl methyl sites for hydroxylation is 2. The summed E-state index contributed by atoms with van der Waals surface area (Å²) >= 11 is 0. The van der Waals surface area contributed by atoms with Crippen LogP contribution in [0.25, 0.3) is 5.70 Å². The fourth-order valence-electron chi connectivity index (χ4n) is 4.03. The fraction of sp³-hybridized carbons (Fsp3) is 0.214. The molecule has 3 aromatic rings. The van der Waals surface area contributed by atoms with E-state index in [0.29, 0.717) is 17.1 Å². The van der Waals surface area contributed by atoms with Gasteiger partial charge in [-0.25, -0.2) is 0 Å². The Hall–Kier alpha value is -3.57. The summed E-state index contributed by atoms with van der Waals surface area (Å²) in [6, 6.07) is 22.9. The number of hydrogen-bond acceptors (Lipinski definition) is 3. The van der Waals surface area contributed by atoms with Crippen LogP contribution in [0.3, 0.4) is 0 Å². The largest absolute Gasteiger partial charge is 0.379 e. The van der Waals surface area contributed by atoms with Crippen molar-refractivity contribution in [2.75, 3.05) is 10.6 Å². The lowest BCUT2D eigenvalue weighted by Gasteiger charge is -2.36. The van der Waals surface area contributed by atoms with Gasteiger partial charge in [0.2, 0.25) is 0 Å². The van der Waals surface area contributed by atoms with Crippen LogP contribution in [0.1, 0.15) is 36.1 Å². The Labute approximate surface area is 207 Å². The summed E-state index contributed by atoms with van der Waals surface area (Å²) in [7, 11) is 0. The number of halogens is 1. The molecule has 0 saturated carbocycles. The van der Waals surface area contributed by atoms with Gasteiger partial charge in [-0.05, 0) is 63.9 Å². The van der Waals surface area contributed by atoms with Crippen molar-refractivity contribution in [3.63, 3.8) is 0 Å². The van der Waals surface area contributed by atoms with Crippen molar-refractivity contribution in [3.8, 4) is 0 Å². The quantitative estimate of drug-likeness (QED) is 0.260. The first-order valence-corrected chi connectivity index (χ1v) is 11.1. The van der Waals surface area contributed by atoms with Crippen LogP contribution in [0.4, 0.5) is 11.4 Å². The van der Waals surface area contributed by atoms with Gasteiger partial charge in [0.15, 0.2) is 0 Å². The highest BCUT2D eigenvalue weighted by atomic mass is 35.5. The van der Waals surface area contributed by atoms with Crippen molar-refractivity contribution in [1.82, 2.24) is 5.32 Å². The molecule has 0 saturated heterocycles. The topological polar surface area (TPSA) is 70.2 Å². The van der Waals surface area contributed by atoms with Gasteiger partial charge in [0, 0.05) is 22.5 Å². The second-order valence-corrected chi connectivity index (χ2v) is 9.23. The van der Waals surface area contributed by atoms with Crippen molar-refractivity contribution in [2.24, 2.45) is 0 Å². The number of amides is 2. The normalized spacial score (nSPS) is 13.6. The highest BCUT2D eigenvalue weighted by molar-refractivity contribution is 6.30. The summed E-state index contributed by atoms with van der Waals surface area (Å²) in [5.41, 5.74) is 5.69. The maximum absolute atomic E-state index is 13.5. The molecule has 3 aromatic carbocycles. The molecule has 2 amide bonds. The molecule has 3 N–H and O–H groups in total. The first kappa shape index (κ1) is 25.1. The Morgan fingerprint density at radius 3 is 1.74 bits per heavy atom. The third kappa shape index (κ3) is 5.67. The third-order valence-corrected chi connectivity index (χ3v) is 5.71. The summed E-state index contributed by atoms with van der Waals surface area (Å²) in [4.78, 5) is 27.1. The van der Waals surface area contributed by atoms with E-state index in [1.807, 2.05) is 86.6 Å². The Kier molecular flexibility index (Phi) is 7.48. The van der Waals surface area contributed by atoms with E-state index in [9.17, 15) is 9.59 Å². The van der Waals surface area contributed by atoms with Gasteiger partial charge < -0.3 is 16.0 Å². The van der Waals surface area contributed by atoms with Crippen molar-refractivity contribution in [1.29, 1.82) is 0 Å². The van der Waals surface area contributed by atoms with Gasteiger partial charge in [0.1, 0.15) is 5.57 Å². The third-order valence-electron chi connectivity index (χ3n) is 5.71. The Morgan fingerprint density at radius 1 is 0.765 bits per heavy atom. The van der Waals surface area contributed by atoms with Gasteiger partial charge in [0.05, 0.1) is 5.70 Å². The predicted octanol–water partition coefficient (Wildman–Crippen LogP) is 5.64. The summed E-state index contributed by atoms with van der Waals surface area (Å²) in [5.74, 6) is -0.920. The van der Waals surface area contributed by atoms with Crippen LogP contribution in [-0.4, -0.2) is 17.4 Å². The molecule has 34 heavy (non-hydrogen) atoms. The maximum atomic E-state index is 13.5. The van der Waals surface area contributed by atoms with Crippen molar-refractivity contribution >= 4 is 41.3 Å². The first-order chi connectivity index (χ1) is 15.7. The molecule has 1 aliphatic heterocycles. The Bertz CT molecular complexity index is 1170. The minimum absolute atomic E-state index is 0. The van der Waals surface area contributed by atoms with E-state index in [1.54, 1.807) is 0 Å². The average molecular weight is 476 g/mol. The number of anilines is 2. The van der Waals surface area contributed by atoms with E-state index in [-0.39, 0.29) is 23.5 Å². The van der Waals surface area contributed by atoms with Crippen LogP contribution < -0.4 is 16.0 Å². The van der Waals surface area contributed by atoms with Gasteiger partial charge in [-0.15, -0.1) is 12.4 Å². The second-order valence-electron chi connectivity index (χ2n) is 9.23. The lowest BCUT2D eigenvalue weighted by molar-refractivity contribution is -0.118. The summed E-state index contributed by atoms with van der Waals surface area (Å²) < 4.78 is 0. The average Bonchev–Trinajstić information content (AvgIpc) is 2.76. The molecule has 0 bridgehead atoms. The minimum Gasteiger partial charge on any atom is -0.379 e. The highest BCUT2D eigenvalue weighted by Gasteiger charge is 2.33. The van der Waals surface area contributed by atoms with Crippen LogP contribution in [0, 0.1) is 13.8 Å². The molecule has 0 radical (unpaired) electrons. The molecule has 0 atom stereocenters. The SMILES string of the molecule is Cc1ccc(NC(=O)C(C(=O)Nc2ccc(C)cc2)=C2NC(C)(C)Cc3ccccc32)cc1.Cl. The maximum Gasteiger partial charge on any atom is 0.263 e. The number of nitrogens with one attached hydrogen (secondary N) is 3. The van der Waals surface area contributed by atoms with Crippen molar-refractivity contribution < 1.29 is 9.59 Å². The molecule has 0 aliphatic carbocycles. The molecule has 1 aliphatic rings. The Morgan fingerprint density at radius 2 is 1.24 bits per heavy atom. The monoisotopic (exact) mass is 475 g/mol. The van der Waals surface area contributed by atoms with E-state index in [2.05, 4.69) is 29.8 Å². The van der Waals surface area contributed by atoms with Gasteiger partial charge >= 0.3 is 0 Å². The van der Waals surface area contributed by atoms with Crippen LogP contribution in [0.5, 0.6) is 0 Å². The molecule has 5 nitrogen and oxygen atoms in total. The number of carbonyl (C=O) groups is 2. The van der Waals surface area contributed by atoms with Gasteiger partial charge in [-0.3, -0.25) is 9.59 Å².